The fraction of sp³-hybridized carbons (Fsp3) is 0.833. The van der Waals surface area contributed by atoms with Crippen molar-refractivity contribution in [2.75, 3.05) is 6.56 Å². The second kappa shape index (κ2) is 5.18. The molecule has 0 heterocycles. The van der Waals surface area contributed by atoms with E-state index in [4.69, 9.17) is 28.3 Å². The first-order chi connectivity index (χ1) is 6.21. The van der Waals surface area contributed by atoms with E-state index in [2.05, 4.69) is 0 Å². The number of rotatable bonds is 5. The molecule has 0 rings (SSSR count). The van der Waals surface area contributed by atoms with Crippen molar-refractivity contribution in [2.45, 2.75) is 24.4 Å². The van der Waals surface area contributed by atoms with Gasteiger partial charge in [0.15, 0.2) is 6.29 Å². The van der Waals surface area contributed by atoms with Crippen LogP contribution < -0.4 is 0 Å². The van der Waals surface area contributed by atoms with Gasteiger partial charge < -0.3 is 30.3 Å². The lowest BCUT2D eigenvalue weighted by atomic mass is 10.0. The van der Waals surface area contributed by atoms with Gasteiger partial charge in [0.05, 0.1) is 9.30 Å². The molecular weight excluding hydrogens is 168 g/mol. The highest BCUT2D eigenvalue weighted by molar-refractivity contribution is 5.56. The molecule has 0 bridgehead atoms. The van der Waals surface area contributed by atoms with Crippen LogP contribution in [0.1, 0.15) is 2.74 Å². The van der Waals surface area contributed by atoms with Gasteiger partial charge in [-0.05, 0) is 0 Å². The number of aliphatic hydroxyl groups is 5. The third-order valence-electron chi connectivity index (χ3n) is 1.30. The summed E-state index contributed by atoms with van der Waals surface area (Å²) in [6.45, 7) is -3.14. The maximum atomic E-state index is 9.96. The minimum atomic E-state index is -3.14. The first-order valence-corrected chi connectivity index (χ1v) is 3.11. The van der Waals surface area contributed by atoms with Gasteiger partial charge in [0, 0.05) is 0 Å². The molecule has 12 heavy (non-hydrogen) atoms. The second-order valence-corrected chi connectivity index (χ2v) is 2.18. The predicted molar refractivity (Wildman–Crippen MR) is 37.2 cm³/mol. The molecule has 0 amide bonds. The van der Waals surface area contributed by atoms with Gasteiger partial charge >= 0.3 is 0 Å². The third kappa shape index (κ3) is 2.84. The van der Waals surface area contributed by atoms with Gasteiger partial charge in [-0.3, -0.25) is 0 Å². The number of hydrogen-bond donors (Lipinski definition) is 5. The molecule has 6 nitrogen and oxygen atoms in total. The fourth-order valence-corrected chi connectivity index (χ4v) is 0.546. The summed E-state index contributed by atoms with van der Waals surface area (Å²) in [5.74, 6) is 0. The Morgan fingerprint density at radius 3 is 2.08 bits per heavy atom. The first-order valence-electron chi connectivity index (χ1n) is 4.11. The van der Waals surface area contributed by atoms with Gasteiger partial charge in [0.25, 0.3) is 0 Å². The monoisotopic (exact) mass is 184 g/mol. The molecule has 0 saturated heterocycles. The highest BCUT2D eigenvalue weighted by Crippen LogP contribution is 2.02. The molecule has 0 aromatic carbocycles. The lowest BCUT2D eigenvalue weighted by Crippen LogP contribution is -2.46. The van der Waals surface area contributed by atoms with Crippen LogP contribution >= 0.6 is 0 Å². The Bertz CT molecular complexity index is 193. The second-order valence-electron chi connectivity index (χ2n) is 2.18. The van der Waals surface area contributed by atoms with E-state index in [-0.39, 0.29) is 6.29 Å². The molecule has 0 aromatic heterocycles. The zero-order valence-electron chi connectivity index (χ0n) is 8.03. The van der Waals surface area contributed by atoms with Gasteiger partial charge in [0.2, 0.25) is 0 Å². The smallest absolute Gasteiger partial charge is 0.151 e. The van der Waals surface area contributed by atoms with Gasteiger partial charge in [-0.25, -0.2) is 0 Å². The van der Waals surface area contributed by atoms with Crippen LogP contribution in [0.15, 0.2) is 0 Å². The minimum absolute atomic E-state index is 0.0897. The Labute approximate surface area is 71.5 Å². The van der Waals surface area contributed by atoms with Crippen molar-refractivity contribution in [3.8, 4) is 0 Å². The topological polar surface area (TPSA) is 118 Å². The van der Waals surface area contributed by atoms with Gasteiger partial charge in [-0.1, -0.05) is 0 Å². The van der Waals surface area contributed by atoms with Crippen molar-refractivity contribution >= 4 is 6.29 Å². The molecule has 5 N–H and O–H groups in total. The molecule has 6 heteroatoms. The van der Waals surface area contributed by atoms with E-state index in [1.165, 1.54) is 0 Å². The maximum absolute atomic E-state index is 9.96. The van der Waals surface area contributed by atoms with Crippen LogP contribution in [0.25, 0.3) is 0 Å². The Balaban J connectivity index is 4.46. The predicted octanol–water partition coefficient (Wildman–Crippen LogP) is -3.38. The highest BCUT2D eigenvalue weighted by Gasteiger charge is 2.29. The van der Waals surface area contributed by atoms with Crippen LogP contribution in [0, 0.1) is 0 Å². The number of aliphatic hydroxyl groups excluding tert-OH is 4. The Hall–Kier alpha value is -0.530. The van der Waals surface area contributed by atoms with E-state index < -0.39 is 31.0 Å². The lowest BCUT2D eigenvalue weighted by molar-refractivity contribution is -0.136. The van der Waals surface area contributed by atoms with E-state index >= 15 is 0 Å². The quantitative estimate of drug-likeness (QED) is 0.284. The fourth-order valence-electron chi connectivity index (χ4n) is 0.546. The number of aldehydes is 1. The van der Waals surface area contributed by atoms with Crippen LogP contribution in [0.2, 0.25) is 0 Å². The highest BCUT2D eigenvalue weighted by atomic mass is 16.4. The molecule has 4 atom stereocenters. The number of carbonyl (C=O) groups excluding carboxylic acids is 1. The van der Waals surface area contributed by atoms with Crippen LogP contribution in [0.4, 0.5) is 0 Å². The summed E-state index contributed by atoms with van der Waals surface area (Å²) < 4.78 is 13.2. The summed E-state index contributed by atoms with van der Waals surface area (Å²) in [7, 11) is 0. The summed E-state index contributed by atoms with van der Waals surface area (Å²) in [6, 6.07) is 0. The van der Waals surface area contributed by atoms with Gasteiger partial charge in [0.1, 0.15) is 24.4 Å². The van der Waals surface area contributed by atoms with Crippen molar-refractivity contribution in [3.05, 3.63) is 0 Å². The van der Waals surface area contributed by atoms with Crippen molar-refractivity contribution < 1.29 is 33.1 Å². The molecule has 0 radical (unpaired) electrons. The summed E-state index contributed by atoms with van der Waals surface area (Å²) in [5.41, 5.74) is 0. The molecule has 0 aromatic rings. The van der Waals surface area contributed by atoms with Crippen molar-refractivity contribution in [3.63, 3.8) is 0 Å². The van der Waals surface area contributed by atoms with E-state index in [0.29, 0.717) is 0 Å². The molecule has 0 aliphatic carbocycles. The summed E-state index contributed by atoms with van der Waals surface area (Å²) in [6.07, 6.45) is -8.61. The molecule has 0 aliphatic rings. The van der Waals surface area contributed by atoms with E-state index in [0.717, 1.165) is 0 Å². The van der Waals surface area contributed by atoms with Crippen molar-refractivity contribution in [1.29, 1.82) is 0 Å². The largest absolute Gasteiger partial charge is 0.394 e. The average Bonchev–Trinajstić information content (AvgIpc) is 2.11. The molecule has 72 valence electrons. The Kier molecular flexibility index (Phi) is 3.49. The van der Waals surface area contributed by atoms with Crippen LogP contribution in [0.3, 0.4) is 0 Å². The van der Waals surface area contributed by atoms with Gasteiger partial charge in [-0.2, -0.15) is 0 Å². The zero-order valence-corrected chi connectivity index (χ0v) is 6.03. The third-order valence-corrected chi connectivity index (χ3v) is 1.30. The van der Waals surface area contributed by atoms with Crippen LogP contribution in [-0.2, 0) is 4.79 Å². The van der Waals surface area contributed by atoms with Crippen LogP contribution in [0.5, 0.6) is 0 Å². The number of carbonyl (C=O) groups is 1. The Morgan fingerprint density at radius 1 is 1.25 bits per heavy atom. The SMILES string of the molecule is [3H]C([3H])(O)[C@@H](O)[C@@H](O)[C@H](O)[C@@H](O)C=O. The summed E-state index contributed by atoms with van der Waals surface area (Å²) in [5, 5.41) is 44.2. The zero-order chi connectivity index (χ0) is 11.5. The molecule has 0 fully saturated rings. The van der Waals surface area contributed by atoms with Crippen molar-refractivity contribution in [2.24, 2.45) is 0 Å². The van der Waals surface area contributed by atoms with E-state index in [9.17, 15) is 4.79 Å². The normalized spacial score (nSPS) is 24.8. The summed E-state index contributed by atoms with van der Waals surface area (Å²) >= 11 is 0. The number of hydrogen-bond acceptors (Lipinski definition) is 6. The maximum Gasteiger partial charge on any atom is 0.151 e. The minimum Gasteiger partial charge on any atom is -0.394 e. The molecule has 0 unspecified atom stereocenters. The average molecular weight is 184 g/mol. The standard InChI is InChI=1S/C6H12O6/c7-1-3(9)5(11)6(12)4(10)2-8/h1,3-6,8-12H,2H2/t3-,4+,5+,6+/m0/s1/i2T2. The van der Waals surface area contributed by atoms with Crippen molar-refractivity contribution in [1.82, 2.24) is 0 Å². The molecule has 0 spiro atoms. The lowest BCUT2D eigenvalue weighted by Gasteiger charge is -2.22. The Morgan fingerprint density at radius 2 is 1.75 bits per heavy atom. The molecule has 0 aliphatic heterocycles. The summed E-state index contributed by atoms with van der Waals surface area (Å²) in [4.78, 5) is 9.96. The molecular formula is C6H12O6. The van der Waals surface area contributed by atoms with E-state index in [1.54, 1.807) is 0 Å². The van der Waals surface area contributed by atoms with Crippen LogP contribution in [-0.4, -0.2) is 62.8 Å². The first kappa shape index (κ1) is 8.09. The molecule has 0 saturated carbocycles. The van der Waals surface area contributed by atoms with Gasteiger partial charge in [-0.15, -0.1) is 0 Å². The van der Waals surface area contributed by atoms with E-state index in [1.807, 2.05) is 0 Å².